The Morgan fingerprint density at radius 1 is 1.50 bits per heavy atom. The second-order valence-electron chi connectivity index (χ2n) is 4.39. The fourth-order valence-corrected chi connectivity index (χ4v) is 2.17. The van der Waals surface area contributed by atoms with Crippen LogP contribution in [0.3, 0.4) is 0 Å². The van der Waals surface area contributed by atoms with Gasteiger partial charge >= 0.3 is 0 Å². The molecule has 2 atom stereocenters. The van der Waals surface area contributed by atoms with Crippen molar-refractivity contribution < 1.29 is 4.74 Å². The highest BCUT2D eigenvalue weighted by molar-refractivity contribution is 5.37. The maximum Gasteiger partial charge on any atom is 0.214 e. The van der Waals surface area contributed by atoms with E-state index in [0.717, 1.165) is 25.2 Å². The zero-order chi connectivity index (χ0) is 11.4. The molecule has 0 radical (unpaired) electrons. The molecule has 4 heteroatoms. The van der Waals surface area contributed by atoms with E-state index in [1.165, 1.54) is 6.42 Å². The minimum Gasteiger partial charge on any atom is -0.481 e. The number of aromatic nitrogens is 1. The normalized spacial score (nSPS) is 24.4. The highest BCUT2D eigenvalue weighted by atomic mass is 16.5. The lowest BCUT2D eigenvalue weighted by Gasteiger charge is -2.11. The van der Waals surface area contributed by atoms with Crippen LogP contribution in [0.4, 0.5) is 5.82 Å². The van der Waals surface area contributed by atoms with Crippen LogP contribution in [0.2, 0.25) is 0 Å². The second kappa shape index (κ2) is 5.16. The molecule has 2 unspecified atom stereocenters. The minimum absolute atomic E-state index is 0.394. The van der Waals surface area contributed by atoms with Gasteiger partial charge in [0.1, 0.15) is 5.82 Å². The van der Waals surface area contributed by atoms with Gasteiger partial charge in [-0.05, 0) is 31.2 Å². The van der Waals surface area contributed by atoms with Gasteiger partial charge in [-0.15, -0.1) is 0 Å². The zero-order valence-corrected chi connectivity index (χ0v) is 9.65. The van der Waals surface area contributed by atoms with E-state index < -0.39 is 0 Å². The molecular weight excluding hydrogens is 202 g/mol. The van der Waals surface area contributed by atoms with Gasteiger partial charge in [-0.1, -0.05) is 6.07 Å². The molecule has 0 bridgehead atoms. The molecule has 0 saturated heterocycles. The van der Waals surface area contributed by atoms with Gasteiger partial charge in [0.15, 0.2) is 0 Å². The Balaban J connectivity index is 1.84. The smallest absolute Gasteiger partial charge is 0.214 e. The lowest BCUT2D eigenvalue weighted by molar-refractivity contribution is 0.398. The van der Waals surface area contributed by atoms with Crippen molar-refractivity contribution in [2.45, 2.75) is 25.3 Å². The third-order valence-electron chi connectivity index (χ3n) is 3.09. The van der Waals surface area contributed by atoms with Crippen LogP contribution in [-0.4, -0.2) is 24.7 Å². The number of nitrogens with one attached hydrogen (secondary N) is 1. The molecule has 0 aliphatic heterocycles. The summed E-state index contributed by atoms with van der Waals surface area (Å²) in [6.45, 7) is 0.952. The van der Waals surface area contributed by atoms with Crippen molar-refractivity contribution in [1.29, 1.82) is 0 Å². The number of hydrogen-bond donors (Lipinski definition) is 2. The van der Waals surface area contributed by atoms with Crippen LogP contribution in [0, 0.1) is 5.92 Å². The molecule has 2 rings (SSSR count). The minimum atomic E-state index is 0.394. The predicted molar refractivity (Wildman–Crippen MR) is 64.6 cm³/mol. The Bertz CT molecular complexity index is 343. The fraction of sp³-hybridized carbons (Fsp3) is 0.583. The van der Waals surface area contributed by atoms with Crippen molar-refractivity contribution in [2.24, 2.45) is 11.7 Å². The van der Waals surface area contributed by atoms with E-state index in [4.69, 9.17) is 10.5 Å². The monoisotopic (exact) mass is 221 g/mol. The molecular formula is C12H19N3O. The van der Waals surface area contributed by atoms with Gasteiger partial charge in [-0.2, -0.15) is 4.98 Å². The maximum absolute atomic E-state index is 5.88. The molecule has 1 aliphatic carbocycles. The van der Waals surface area contributed by atoms with Gasteiger partial charge in [0.25, 0.3) is 0 Å². The van der Waals surface area contributed by atoms with Crippen molar-refractivity contribution in [3.05, 3.63) is 18.2 Å². The molecule has 1 heterocycles. The van der Waals surface area contributed by atoms with E-state index in [1.54, 1.807) is 7.11 Å². The quantitative estimate of drug-likeness (QED) is 0.811. The summed E-state index contributed by atoms with van der Waals surface area (Å²) in [4.78, 5) is 4.31. The summed E-state index contributed by atoms with van der Waals surface area (Å²) in [5.74, 6) is 2.20. The summed E-state index contributed by atoms with van der Waals surface area (Å²) in [6.07, 6.45) is 3.49. The summed E-state index contributed by atoms with van der Waals surface area (Å²) >= 11 is 0. The van der Waals surface area contributed by atoms with Crippen LogP contribution < -0.4 is 15.8 Å². The average Bonchev–Trinajstić information content (AvgIpc) is 2.73. The molecule has 1 aromatic heterocycles. The number of rotatable bonds is 4. The third kappa shape index (κ3) is 2.85. The number of anilines is 1. The average molecular weight is 221 g/mol. The van der Waals surface area contributed by atoms with Crippen LogP contribution in [0.15, 0.2) is 18.2 Å². The summed E-state index contributed by atoms with van der Waals surface area (Å²) in [6, 6.07) is 6.13. The number of hydrogen-bond acceptors (Lipinski definition) is 4. The van der Waals surface area contributed by atoms with E-state index in [1.807, 2.05) is 18.2 Å². The molecule has 1 fully saturated rings. The first-order chi connectivity index (χ1) is 7.78. The lowest BCUT2D eigenvalue weighted by atomic mass is 10.1. The van der Waals surface area contributed by atoms with Gasteiger partial charge in [0.2, 0.25) is 5.88 Å². The Labute approximate surface area is 96.2 Å². The summed E-state index contributed by atoms with van der Waals surface area (Å²) < 4.78 is 5.07. The number of nitrogens with zero attached hydrogens (tertiary/aromatic N) is 1. The standard InChI is InChI=1S/C12H19N3O/c1-16-12-4-2-3-11(15-12)14-8-9-5-6-10(13)7-9/h2-4,9-10H,5-8,13H2,1H3,(H,14,15). The second-order valence-corrected chi connectivity index (χ2v) is 4.39. The van der Waals surface area contributed by atoms with Crippen LogP contribution in [0.25, 0.3) is 0 Å². The van der Waals surface area contributed by atoms with Gasteiger partial charge in [0, 0.05) is 18.7 Å². The Morgan fingerprint density at radius 3 is 3.06 bits per heavy atom. The highest BCUT2D eigenvalue weighted by Gasteiger charge is 2.21. The van der Waals surface area contributed by atoms with E-state index in [9.17, 15) is 0 Å². The van der Waals surface area contributed by atoms with Crippen molar-refractivity contribution in [3.8, 4) is 5.88 Å². The number of nitrogens with two attached hydrogens (primary N) is 1. The number of pyridine rings is 1. The third-order valence-corrected chi connectivity index (χ3v) is 3.09. The van der Waals surface area contributed by atoms with Gasteiger partial charge in [0.05, 0.1) is 7.11 Å². The van der Waals surface area contributed by atoms with Crippen LogP contribution in [0.1, 0.15) is 19.3 Å². The predicted octanol–water partition coefficient (Wildman–Crippen LogP) is 1.63. The molecule has 1 aromatic rings. The van der Waals surface area contributed by atoms with Crippen LogP contribution in [0.5, 0.6) is 5.88 Å². The Hall–Kier alpha value is -1.29. The van der Waals surface area contributed by atoms with Crippen molar-refractivity contribution in [3.63, 3.8) is 0 Å². The van der Waals surface area contributed by atoms with E-state index in [2.05, 4.69) is 10.3 Å². The zero-order valence-electron chi connectivity index (χ0n) is 9.65. The largest absolute Gasteiger partial charge is 0.481 e. The number of methoxy groups -OCH3 is 1. The SMILES string of the molecule is COc1cccc(NCC2CCC(N)C2)n1. The summed E-state index contributed by atoms with van der Waals surface area (Å²) in [5, 5.41) is 3.34. The summed E-state index contributed by atoms with van der Waals surface area (Å²) in [7, 11) is 1.63. The molecule has 4 nitrogen and oxygen atoms in total. The fourth-order valence-electron chi connectivity index (χ4n) is 2.17. The molecule has 0 amide bonds. The van der Waals surface area contributed by atoms with Crippen molar-refractivity contribution >= 4 is 5.82 Å². The van der Waals surface area contributed by atoms with E-state index in [-0.39, 0.29) is 0 Å². The molecule has 0 spiro atoms. The molecule has 3 N–H and O–H groups in total. The molecule has 0 aromatic carbocycles. The summed E-state index contributed by atoms with van der Waals surface area (Å²) in [5.41, 5.74) is 5.88. The molecule has 1 saturated carbocycles. The first kappa shape index (κ1) is 11.2. The molecule has 1 aliphatic rings. The first-order valence-corrected chi connectivity index (χ1v) is 5.78. The first-order valence-electron chi connectivity index (χ1n) is 5.78. The topological polar surface area (TPSA) is 60.2 Å². The number of ether oxygens (including phenoxy) is 1. The van der Waals surface area contributed by atoms with Crippen molar-refractivity contribution in [2.75, 3.05) is 19.0 Å². The Morgan fingerprint density at radius 2 is 2.38 bits per heavy atom. The van der Waals surface area contributed by atoms with Crippen LogP contribution in [-0.2, 0) is 0 Å². The van der Waals surface area contributed by atoms with Gasteiger partial charge in [-0.3, -0.25) is 0 Å². The van der Waals surface area contributed by atoms with E-state index in [0.29, 0.717) is 17.8 Å². The maximum atomic E-state index is 5.88. The van der Waals surface area contributed by atoms with Crippen LogP contribution >= 0.6 is 0 Å². The van der Waals surface area contributed by atoms with Gasteiger partial charge in [-0.25, -0.2) is 0 Å². The van der Waals surface area contributed by atoms with Crippen molar-refractivity contribution in [1.82, 2.24) is 4.98 Å². The molecule has 16 heavy (non-hydrogen) atoms. The van der Waals surface area contributed by atoms with E-state index >= 15 is 0 Å². The lowest BCUT2D eigenvalue weighted by Crippen LogP contribution is -2.18. The highest BCUT2D eigenvalue weighted by Crippen LogP contribution is 2.24. The van der Waals surface area contributed by atoms with Gasteiger partial charge < -0.3 is 15.8 Å². The molecule has 88 valence electrons. The Kier molecular flexibility index (Phi) is 3.62.